The third kappa shape index (κ3) is 5.74. The summed E-state index contributed by atoms with van der Waals surface area (Å²) in [6.45, 7) is 2.95. The summed E-state index contributed by atoms with van der Waals surface area (Å²) in [5.74, 6) is 1.42. The first-order chi connectivity index (χ1) is 12.2. The second kappa shape index (κ2) is 9.62. The van der Waals surface area contributed by atoms with Crippen LogP contribution in [0, 0.1) is 0 Å². The van der Waals surface area contributed by atoms with E-state index in [1.54, 1.807) is 23.1 Å². The highest BCUT2D eigenvalue weighted by Gasteiger charge is 2.24. The maximum Gasteiger partial charge on any atom is 0.230 e. The lowest BCUT2D eigenvalue weighted by Gasteiger charge is -2.26. The van der Waals surface area contributed by atoms with Gasteiger partial charge in [-0.3, -0.25) is 9.69 Å². The van der Waals surface area contributed by atoms with Crippen molar-refractivity contribution in [2.75, 3.05) is 25.4 Å². The first kappa shape index (κ1) is 18.8. The minimum atomic E-state index is 0.111. The first-order valence-corrected chi connectivity index (χ1v) is 11.0. The summed E-state index contributed by atoms with van der Waals surface area (Å²) in [6, 6.07) is 12.4. The number of rotatable bonds is 8. The third-order valence-electron chi connectivity index (χ3n) is 4.36. The number of benzene rings is 1. The average molecular weight is 395 g/mol. The fourth-order valence-electron chi connectivity index (χ4n) is 3.05. The molecule has 1 amide bonds. The lowest BCUT2D eigenvalue weighted by Crippen LogP contribution is -2.37. The summed E-state index contributed by atoms with van der Waals surface area (Å²) in [5.41, 5.74) is 1.19. The van der Waals surface area contributed by atoms with Gasteiger partial charge in [0.2, 0.25) is 5.91 Å². The van der Waals surface area contributed by atoms with Gasteiger partial charge in [-0.2, -0.15) is 0 Å². The molecule has 1 unspecified atom stereocenters. The molecular formula is C19H23ClN2OS2. The number of likely N-dealkylation sites (tertiary alicyclic amines) is 1. The molecule has 1 aromatic carbocycles. The molecule has 0 bridgehead atoms. The quantitative estimate of drug-likeness (QED) is 0.710. The first-order valence-electron chi connectivity index (χ1n) is 8.59. The molecule has 0 spiro atoms. The van der Waals surface area contributed by atoms with Crippen LogP contribution >= 0.6 is 34.7 Å². The number of hydrogen-bond acceptors (Lipinski definition) is 4. The summed E-state index contributed by atoms with van der Waals surface area (Å²) in [5, 5.41) is 5.98. The number of thioether (sulfide) groups is 1. The van der Waals surface area contributed by atoms with E-state index in [2.05, 4.69) is 27.7 Å². The van der Waals surface area contributed by atoms with Crippen LogP contribution in [0.3, 0.4) is 0 Å². The SMILES string of the molecule is O=C(CSCc1ccc(Cl)cc1)NCC(c1cccs1)N1CCCC1. The Morgan fingerprint density at radius 2 is 2.00 bits per heavy atom. The summed E-state index contributed by atoms with van der Waals surface area (Å²) in [7, 11) is 0. The molecule has 1 aliphatic heterocycles. The Bertz CT molecular complexity index is 655. The third-order valence-corrected chi connectivity index (χ3v) is 6.59. The van der Waals surface area contributed by atoms with Crippen LogP contribution in [-0.4, -0.2) is 36.2 Å². The summed E-state index contributed by atoms with van der Waals surface area (Å²) < 4.78 is 0. The van der Waals surface area contributed by atoms with Gasteiger partial charge in [0.1, 0.15) is 0 Å². The van der Waals surface area contributed by atoms with Gasteiger partial charge in [-0.25, -0.2) is 0 Å². The molecule has 25 heavy (non-hydrogen) atoms. The number of hydrogen-bond donors (Lipinski definition) is 1. The zero-order valence-corrected chi connectivity index (χ0v) is 16.5. The highest BCUT2D eigenvalue weighted by molar-refractivity contribution is 7.99. The van der Waals surface area contributed by atoms with Crippen LogP contribution < -0.4 is 5.32 Å². The van der Waals surface area contributed by atoms with Gasteiger partial charge < -0.3 is 5.32 Å². The highest BCUT2D eigenvalue weighted by Crippen LogP contribution is 2.27. The van der Waals surface area contributed by atoms with Crippen molar-refractivity contribution in [2.24, 2.45) is 0 Å². The van der Waals surface area contributed by atoms with Gasteiger partial charge in [0.15, 0.2) is 0 Å². The van der Waals surface area contributed by atoms with Crippen LogP contribution in [-0.2, 0) is 10.5 Å². The van der Waals surface area contributed by atoms with Crippen molar-refractivity contribution in [3.05, 3.63) is 57.2 Å². The van der Waals surface area contributed by atoms with E-state index >= 15 is 0 Å². The molecular weight excluding hydrogens is 372 g/mol. The van der Waals surface area contributed by atoms with Crippen LogP contribution in [0.4, 0.5) is 0 Å². The van der Waals surface area contributed by atoms with Gasteiger partial charge in [0.05, 0.1) is 11.8 Å². The number of amides is 1. The zero-order valence-electron chi connectivity index (χ0n) is 14.1. The highest BCUT2D eigenvalue weighted by atomic mass is 35.5. The van der Waals surface area contributed by atoms with E-state index in [0.29, 0.717) is 18.3 Å². The fourth-order valence-corrected chi connectivity index (χ4v) is 4.85. The summed E-state index contributed by atoms with van der Waals surface area (Å²) in [4.78, 5) is 16.0. The van der Waals surface area contributed by atoms with Gasteiger partial charge in [-0.1, -0.05) is 29.8 Å². The second-order valence-corrected chi connectivity index (χ2v) is 8.60. The minimum Gasteiger partial charge on any atom is -0.353 e. The molecule has 0 aliphatic carbocycles. The van der Waals surface area contributed by atoms with Crippen LogP contribution in [0.2, 0.25) is 5.02 Å². The van der Waals surface area contributed by atoms with Crippen molar-refractivity contribution in [1.82, 2.24) is 10.2 Å². The molecule has 1 aromatic heterocycles. The number of halogens is 1. The summed E-state index contributed by atoms with van der Waals surface area (Å²) >= 11 is 9.30. The van der Waals surface area contributed by atoms with Crippen molar-refractivity contribution >= 4 is 40.6 Å². The molecule has 2 aromatic rings. The number of thiophene rings is 1. The summed E-state index contributed by atoms with van der Waals surface area (Å²) in [6.07, 6.45) is 2.51. The number of carbonyl (C=O) groups excluding carboxylic acids is 1. The van der Waals surface area contributed by atoms with Gasteiger partial charge >= 0.3 is 0 Å². The molecule has 1 fully saturated rings. The Kier molecular flexibility index (Phi) is 7.23. The molecule has 1 atom stereocenters. The number of nitrogens with zero attached hydrogens (tertiary/aromatic N) is 1. The Morgan fingerprint density at radius 1 is 1.24 bits per heavy atom. The average Bonchev–Trinajstić information content (AvgIpc) is 3.31. The number of carbonyl (C=O) groups is 1. The van der Waals surface area contributed by atoms with Crippen molar-refractivity contribution in [3.63, 3.8) is 0 Å². The van der Waals surface area contributed by atoms with Crippen LogP contribution in [0.25, 0.3) is 0 Å². The van der Waals surface area contributed by atoms with Crippen LogP contribution in [0.1, 0.15) is 29.3 Å². The smallest absolute Gasteiger partial charge is 0.230 e. The molecule has 3 rings (SSSR count). The van der Waals surface area contributed by atoms with E-state index in [1.165, 1.54) is 23.3 Å². The van der Waals surface area contributed by atoms with Crippen LogP contribution in [0.15, 0.2) is 41.8 Å². The minimum absolute atomic E-state index is 0.111. The molecule has 6 heteroatoms. The standard InChI is InChI=1S/C19H23ClN2OS2/c20-16-7-5-15(6-8-16)13-24-14-19(23)21-12-17(18-4-3-11-25-18)22-9-1-2-10-22/h3-8,11,17H,1-2,9-10,12-14H2,(H,21,23). The monoisotopic (exact) mass is 394 g/mol. The molecule has 1 aliphatic rings. The van der Waals surface area contributed by atoms with E-state index in [0.717, 1.165) is 23.9 Å². The van der Waals surface area contributed by atoms with Gasteiger partial charge in [-0.05, 0) is 55.1 Å². The van der Waals surface area contributed by atoms with E-state index in [-0.39, 0.29) is 5.91 Å². The lowest BCUT2D eigenvalue weighted by atomic mass is 10.2. The topological polar surface area (TPSA) is 32.3 Å². The van der Waals surface area contributed by atoms with Gasteiger partial charge in [0.25, 0.3) is 0 Å². The second-order valence-electron chi connectivity index (χ2n) is 6.20. The molecule has 134 valence electrons. The van der Waals surface area contributed by atoms with Crippen molar-refractivity contribution in [1.29, 1.82) is 0 Å². The molecule has 0 radical (unpaired) electrons. The Balaban J connectivity index is 1.44. The Morgan fingerprint density at radius 3 is 2.68 bits per heavy atom. The van der Waals surface area contributed by atoms with Crippen LogP contribution in [0.5, 0.6) is 0 Å². The molecule has 1 saturated heterocycles. The van der Waals surface area contributed by atoms with Crippen molar-refractivity contribution in [3.8, 4) is 0 Å². The maximum atomic E-state index is 12.2. The van der Waals surface area contributed by atoms with Gasteiger partial charge in [-0.15, -0.1) is 23.1 Å². The van der Waals surface area contributed by atoms with Gasteiger partial charge in [0, 0.05) is 22.2 Å². The predicted octanol–water partition coefficient (Wildman–Crippen LogP) is 4.59. The number of nitrogens with one attached hydrogen (secondary N) is 1. The zero-order chi connectivity index (χ0) is 17.5. The molecule has 0 saturated carbocycles. The molecule has 1 N–H and O–H groups in total. The van der Waals surface area contributed by atoms with E-state index in [1.807, 2.05) is 24.3 Å². The van der Waals surface area contributed by atoms with Crippen molar-refractivity contribution in [2.45, 2.75) is 24.6 Å². The van der Waals surface area contributed by atoms with E-state index in [4.69, 9.17) is 11.6 Å². The van der Waals surface area contributed by atoms with E-state index < -0.39 is 0 Å². The molecule has 2 heterocycles. The van der Waals surface area contributed by atoms with Crippen molar-refractivity contribution < 1.29 is 4.79 Å². The van der Waals surface area contributed by atoms with E-state index in [9.17, 15) is 4.79 Å². The Labute approximate surface area is 162 Å². The fraction of sp³-hybridized carbons (Fsp3) is 0.421. The Hall–Kier alpha value is -1.01. The normalized spacial score (nSPS) is 16.0. The maximum absolute atomic E-state index is 12.2. The molecule has 3 nitrogen and oxygen atoms in total. The predicted molar refractivity (Wildman–Crippen MR) is 108 cm³/mol. The largest absolute Gasteiger partial charge is 0.353 e. The lowest BCUT2D eigenvalue weighted by molar-refractivity contribution is -0.118.